The number of aryl methyl sites for hydroxylation is 2. The van der Waals surface area contributed by atoms with Gasteiger partial charge in [-0.25, -0.2) is 0 Å². The molecule has 0 spiro atoms. The fraction of sp³-hybridized carbons (Fsp3) is 0.185. The average molecular weight is 529 g/mol. The summed E-state index contributed by atoms with van der Waals surface area (Å²) in [5.41, 5.74) is 6.19. The molecule has 0 saturated heterocycles. The van der Waals surface area contributed by atoms with Gasteiger partial charge >= 0.3 is 0 Å². The topological polar surface area (TPSA) is 103 Å². The van der Waals surface area contributed by atoms with Crippen LogP contribution in [0, 0.1) is 13.8 Å². The second kappa shape index (κ2) is 14.7. The van der Waals surface area contributed by atoms with Crippen LogP contribution in [0.2, 0.25) is 0 Å². The highest BCUT2D eigenvalue weighted by Crippen LogP contribution is 2.23. The van der Waals surface area contributed by atoms with Crippen molar-refractivity contribution in [3.63, 3.8) is 0 Å². The van der Waals surface area contributed by atoms with Crippen molar-refractivity contribution in [1.29, 1.82) is 0 Å². The zero-order chi connectivity index (χ0) is 25.0. The van der Waals surface area contributed by atoms with Gasteiger partial charge in [0.05, 0.1) is 0 Å². The van der Waals surface area contributed by atoms with Gasteiger partial charge in [0.1, 0.15) is 0 Å². The third-order valence-electron chi connectivity index (χ3n) is 4.87. The molecule has 37 heavy (non-hydrogen) atoms. The van der Waals surface area contributed by atoms with Crippen molar-refractivity contribution in [3.05, 3.63) is 108 Å². The predicted molar refractivity (Wildman–Crippen MR) is 149 cm³/mol. The highest BCUT2D eigenvalue weighted by molar-refractivity contribution is 7.98. The maximum absolute atomic E-state index is 4.00. The van der Waals surface area contributed by atoms with E-state index in [4.69, 9.17) is 0 Å². The van der Waals surface area contributed by atoms with Gasteiger partial charge in [0, 0.05) is 11.5 Å². The Morgan fingerprint density at radius 2 is 1.03 bits per heavy atom. The van der Waals surface area contributed by atoms with Gasteiger partial charge in [0.15, 0.2) is 12.2 Å². The monoisotopic (exact) mass is 528 g/mol. The van der Waals surface area contributed by atoms with Crippen LogP contribution in [0.25, 0.3) is 11.1 Å². The van der Waals surface area contributed by atoms with Crippen molar-refractivity contribution in [2.45, 2.75) is 43.1 Å². The minimum Gasteiger partial charge on any atom is -0.134 e. The zero-order valence-electron chi connectivity index (χ0n) is 19.9. The summed E-state index contributed by atoms with van der Waals surface area (Å²) in [6.07, 6.45) is 1.33. The summed E-state index contributed by atoms with van der Waals surface area (Å²) < 4.78 is 0. The molecule has 0 unspecified atom stereocenters. The molecule has 2 aromatic heterocycles. The van der Waals surface area contributed by atoms with E-state index in [2.05, 4.69) is 108 Å². The summed E-state index contributed by atoms with van der Waals surface area (Å²) in [7, 11) is 0. The van der Waals surface area contributed by atoms with Crippen LogP contribution in [0.1, 0.15) is 29.9 Å². The van der Waals surface area contributed by atoms with Gasteiger partial charge < -0.3 is 0 Å². The van der Waals surface area contributed by atoms with Crippen molar-refractivity contribution in [1.82, 2.24) is 40.8 Å². The molecule has 3 aromatic carbocycles. The molecule has 5 rings (SSSR count). The Morgan fingerprint density at radius 3 is 1.59 bits per heavy atom. The number of aromatic nitrogens is 8. The van der Waals surface area contributed by atoms with Gasteiger partial charge in [0.25, 0.3) is 0 Å². The van der Waals surface area contributed by atoms with Crippen LogP contribution >= 0.6 is 23.5 Å². The summed E-state index contributed by atoms with van der Waals surface area (Å²) in [5, 5.41) is 32.0. The van der Waals surface area contributed by atoms with Crippen LogP contribution in [-0.4, -0.2) is 40.8 Å². The van der Waals surface area contributed by atoms with Crippen LogP contribution in [-0.2, 0) is 11.5 Å². The lowest BCUT2D eigenvalue weighted by molar-refractivity contribution is 0.713. The van der Waals surface area contributed by atoms with Crippen LogP contribution in [0.4, 0.5) is 0 Å². The first-order valence-corrected chi connectivity index (χ1v) is 13.1. The summed E-state index contributed by atoms with van der Waals surface area (Å²) in [5.74, 6) is 2.24. The van der Waals surface area contributed by atoms with Crippen LogP contribution in [0.5, 0.6) is 0 Å². The maximum atomic E-state index is 4.00. The Kier molecular flexibility index (Phi) is 11.1. The van der Waals surface area contributed by atoms with Gasteiger partial charge in [-0.2, -0.15) is 0 Å². The summed E-state index contributed by atoms with van der Waals surface area (Å²) in [4.78, 5) is 0. The molecular formula is C27H28N8S2. The number of thioether (sulfide) groups is 2. The van der Waals surface area contributed by atoms with Gasteiger partial charge in [-0.3, -0.25) is 0 Å². The average Bonchev–Trinajstić information content (AvgIpc) is 2.94. The smallest absolute Gasteiger partial charge is 0.134 e. The lowest BCUT2D eigenvalue weighted by atomic mass is 10.0. The fourth-order valence-corrected chi connectivity index (χ4v) is 4.37. The molecule has 2 heterocycles. The molecule has 10 heteroatoms. The van der Waals surface area contributed by atoms with Crippen LogP contribution < -0.4 is 0 Å². The summed E-state index contributed by atoms with van der Waals surface area (Å²) in [6, 6.07) is 27.3. The second-order valence-electron chi connectivity index (χ2n) is 7.68. The van der Waals surface area contributed by atoms with Crippen molar-refractivity contribution >= 4 is 23.5 Å². The molecule has 0 bridgehead atoms. The van der Waals surface area contributed by atoms with Gasteiger partial charge in [-0.15, -0.1) is 40.8 Å². The van der Waals surface area contributed by atoms with Gasteiger partial charge in [-0.1, -0.05) is 115 Å². The minimum absolute atomic E-state index is 0. The standard InChI is InChI=1S/C16H14N4S.C10H10N4S.CH4/c1-12-17-19-16(20-18-12)21-11-13-7-9-15(10-8-13)14-5-3-2-4-6-14;1-8-2-4-9(5-3-8)6-15-10-13-11-7-12-14-10;/h2-10H,11H2,1H3;2-5,7H,6H2,1H3;1H4. The van der Waals surface area contributed by atoms with E-state index < -0.39 is 0 Å². The normalized spacial score (nSPS) is 10.1. The van der Waals surface area contributed by atoms with E-state index in [1.54, 1.807) is 6.92 Å². The molecular weight excluding hydrogens is 500 g/mol. The molecule has 0 aliphatic heterocycles. The maximum Gasteiger partial charge on any atom is 0.230 e. The van der Waals surface area contributed by atoms with E-state index in [0.717, 1.165) is 11.5 Å². The quantitative estimate of drug-likeness (QED) is 0.232. The Bertz CT molecular complexity index is 1320. The predicted octanol–water partition coefficient (Wildman–Crippen LogP) is 6.04. The van der Waals surface area contributed by atoms with Crippen molar-refractivity contribution in [2.75, 3.05) is 0 Å². The van der Waals surface area contributed by atoms with Crippen molar-refractivity contribution < 1.29 is 0 Å². The largest absolute Gasteiger partial charge is 0.230 e. The summed E-state index contributed by atoms with van der Waals surface area (Å²) in [6.45, 7) is 3.85. The lowest BCUT2D eigenvalue weighted by Gasteiger charge is -2.04. The molecule has 5 aromatic rings. The molecule has 0 radical (unpaired) electrons. The molecule has 0 atom stereocenters. The molecule has 0 N–H and O–H groups in total. The van der Waals surface area contributed by atoms with E-state index in [1.165, 1.54) is 57.7 Å². The number of nitrogens with zero attached hydrogens (tertiary/aromatic N) is 8. The van der Waals surface area contributed by atoms with E-state index in [1.807, 2.05) is 18.2 Å². The Labute approximate surface area is 225 Å². The number of benzene rings is 3. The second-order valence-corrected chi connectivity index (χ2v) is 9.57. The first kappa shape index (κ1) is 27.8. The first-order chi connectivity index (χ1) is 17.7. The Balaban J connectivity index is 0.000000211. The molecule has 0 aliphatic carbocycles. The molecule has 8 nitrogen and oxygen atoms in total. The lowest BCUT2D eigenvalue weighted by Crippen LogP contribution is -1.97. The first-order valence-electron chi connectivity index (χ1n) is 11.2. The van der Waals surface area contributed by atoms with E-state index in [0.29, 0.717) is 16.1 Å². The van der Waals surface area contributed by atoms with Crippen LogP contribution in [0.3, 0.4) is 0 Å². The van der Waals surface area contributed by atoms with Gasteiger partial charge in [0.2, 0.25) is 10.3 Å². The Morgan fingerprint density at radius 1 is 0.541 bits per heavy atom. The van der Waals surface area contributed by atoms with Gasteiger partial charge in [-0.05, 0) is 36.1 Å². The number of hydrogen-bond acceptors (Lipinski definition) is 10. The molecule has 0 fully saturated rings. The SMILES string of the molecule is C.Cc1ccc(CSc2nncnn2)cc1.Cc1nnc(SCc2ccc(-c3ccccc3)cc2)nn1. The summed E-state index contributed by atoms with van der Waals surface area (Å²) >= 11 is 3.07. The number of hydrogen-bond donors (Lipinski definition) is 0. The van der Waals surface area contributed by atoms with Crippen molar-refractivity contribution in [2.24, 2.45) is 0 Å². The zero-order valence-corrected chi connectivity index (χ0v) is 21.5. The number of rotatable bonds is 7. The van der Waals surface area contributed by atoms with E-state index in [9.17, 15) is 0 Å². The third kappa shape index (κ3) is 9.32. The molecule has 0 saturated carbocycles. The highest BCUT2D eigenvalue weighted by Gasteiger charge is 2.02. The molecule has 188 valence electrons. The minimum atomic E-state index is 0. The third-order valence-corrected chi connectivity index (χ3v) is 6.67. The highest BCUT2D eigenvalue weighted by atomic mass is 32.2. The van der Waals surface area contributed by atoms with E-state index in [-0.39, 0.29) is 7.43 Å². The van der Waals surface area contributed by atoms with E-state index >= 15 is 0 Å². The Hall–Kier alpha value is -3.76. The molecule has 0 aliphatic rings. The van der Waals surface area contributed by atoms with Crippen LogP contribution in [0.15, 0.2) is 95.5 Å². The molecule has 0 amide bonds. The fourth-order valence-electron chi connectivity index (χ4n) is 2.98. The van der Waals surface area contributed by atoms with Crippen molar-refractivity contribution in [3.8, 4) is 11.1 Å².